The van der Waals surface area contributed by atoms with Crippen molar-refractivity contribution in [1.29, 1.82) is 0 Å². The number of nitrogens with one attached hydrogen (secondary N) is 1. The van der Waals surface area contributed by atoms with Gasteiger partial charge in [0.25, 0.3) is 6.47 Å². The molecule has 17 heteroatoms. The molecule has 0 saturated carbocycles. The molecule has 0 spiro atoms. The number of rotatable bonds is 17. The SMILES string of the molecule is CBr.CCCCC(CC)CSC1=NC(c2cccs2)=C2C(SCC(CC)CCCC)=NC(c3cccs3)=C12.O=CO[O-].S=C1CC(c2cccs2)=C2C(=S)NC(c3cccs3)=C12.[H-].[K+].[K+]. The normalized spacial score (nSPS) is 15.6. The van der Waals surface area contributed by atoms with E-state index in [1.54, 1.807) is 45.3 Å². The van der Waals surface area contributed by atoms with Gasteiger partial charge in [0.05, 0.1) is 31.7 Å². The maximum Gasteiger partial charge on any atom is 1.00 e. The number of thiocarbonyl (C=S) groups is 2. The van der Waals surface area contributed by atoms with Crippen molar-refractivity contribution in [3.8, 4) is 0 Å². The monoisotopic (exact) mass is 1120 g/mol. The Balaban J connectivity index is 0.000000423. The minimum Gasteiger partial charge on any atom is -1.00 e. The summed E-state index contributed by atoms with van der Waals surface area (Å²) in [5.41, 5.74) is 9.54. The topological polar surface area (TPSA) is 86.1 Å². The first-order chi connectivity index (χ1) is 30.4. The molecule has 2 unspecified atom stereocenters. The molecule has 4 aliphatic rings. The first kappa shape index (κ1) is 59.3. The summed E-state index contributed by atoms with van der Waals surface area (Å²) in [7, 11) is 0. The molecule has 1 aliphatic carbocycles. The molecule has 64 heavy (non-hydrogen) atoms. The van der Waals surface area contributed by atoms with Crippen LogP contribution < -0.4 is 113 Å². The van der Waals surface area contributed by atoms with E-state index in [2.05, 4.69) is 124 Å². The number of halogens is 1. The maximum absolute atomic E-state index is 8.64. The van der Waals surface area contributed by atoms with Crippen molar-refractivity contribution < 1.29 is 119 Å². The zero-order chi connectivity index (χ0) is 44.4. The first-order valence-corrected chi connectivity index (χ1v) is 28.8. The Morgan fingerprint density at radius 2 is 1.16 bits per heavy atom. The number of nitrogens with zero attached hydrogens (tertiary/aromatic N) is 2. The van der Waals surface area contributed by atoms with Crippen molar-refractivity contribution in [2.24, 2.45) is 21.8 Å². The van der Waals surface area contributed by atoms with Crippen LogP contribution in [0.15, 0.2) is 102 Å². The number of hydrogen-bond acceptors (Lipinski definition) is 13. The molecule has 4 aromatic heterocycles. The van der Waals surface area contributed by atoms with Gasteiger partial charge in [-0.15, -0.1) is 68.9 Å². The third-order valence-corrected chi connectivity index (χ3v) is 17.2. The van der Waals surface area contributed by atoms with E-state index < -0.39 is 0 Å². The summed E-state index contributed by atoms with van der Waals surface area (Å²) in [4.78, 5) is 28.7. The van der Waals surface area contributed by atoms with Crippen LogP contribution in [0.3, 0.4) is 0 Å². The predicted molar refractivity (Wildman–Crippen MR) is 287 cm³/mol. The number of thiophene rings is 4. The van der Waals surface area contributed by atoms with Crippen molar-refractivity contribution in [3.05, 3.63) is 112 Å². The quantitative estimate of drug-likeness (QED) is 0.0281. The summed E-state index contributed by atoms with van der Waals surface area (Å²) in [6.07, 6.45) is 11.1. The van der Waals surface area contributed by atoms with Crippen LogP contribution in [0.5, 0.6) is 0 Å². The molecule has 2 atom stereocenters. The second-order valence-electron chi connectivity index (χ2n) is 14.5. The number of alkyl halides is 1. The van der Waals surface area contributed by atoms with Gasteiger partial charge in [0.1, 0.15) is 15.1 Å². The van der Waals surface area contributed by atoms with Crippen molar-refractivity contribution >= 4 is 158 Å². The summed E-state index contributed by atoms with van der Waals surface area (Å²) < 4.78 is 0. The molecular weight excluding hydrogens is 1070 g/mol. The fourth-order valence-electron chi connectivity index (χ4n) is 7.31. The van der Waals surface area contributed by atoms with Crippen molar-refractivity contribution in [3.63, 3.8) is 0 Å². The first-order valence-electron chi connectivity index (χ1n) is 20.9. The van der Waals surface area contributed by atoms with Gasteiger partial charge in [-0.05, 0) is 81.9 Å². The van der Waals surface area contributed by atoms with Crippen LogP contribution in [0.4, 0.5) is 0 Å². The summed E-state index contributed by atoms with van der Waals surface area (Å²) in [5, 5.41) is 22.7. The standard InChI is InChI=1S/C30H40N2S4.C15H9NS4.CH3Br.CH2O3.2K.H/c1-5-9-13-21(7-3)19-35-29-25-26(28(31-29)24-16-12-18-34-24)30(32-27(25)23-15-11-17-33-23)36-20-22(8-4)14-10-6-2;17-9-7-8(10-3-1-5-19-10)12-13(9)14(16-15(12)18)11-4-2-6-20-11;1-2;2-1-4-3;;;/h11-12,15-18,21-22H,5-10,13-14,19-20H2,1-4H3;1-6H,7H2,(H,16,18);1H3;1,3H;;;/q;;;;2*+1;-1/p-1. The average Bonchev–Trinajstić information content (AvgIpc) is 4.15. The van der Waals surface area contributed by atoms with Crippen LogP contribution in [0.25, 0.3) is 22.7 Å². The second-order valence-corrected chi connectivity index (χ2v) is 21.2. The van der Waals surface area contributed by atoms with Gasteiger partial charge in [0.2, 0.25) is 0 Å². The summed E-state index contributed by atoms with van der Waals surface area (Å²) in [5.74, 6) is 5.58. The van der Waals surface area contributed by atoms with Crippen LogP contribution >= 0.6 is 109 Å². The van der Waals surface area contributed by atoms with Gasteiger partial charge in [0.15, 0.2) is 0 Å². The number of thioether (sulfide) groups is 2. The van der Waals surface area contributed by atoms with Gasteiger partial charge >= 0.3 is 103 Å². The molecule has 1 N–H and O–H groups in total. The molecule has 4 aromatic rings. The largest absolute Gasteiger partial charge is 1.00 e. The van der Waals surface area contributed by atoms with E-state index in [1.807, 2.05) is 29.4 Å². The molecule has 0 fully saturated rings. The molecule has 7 heterocycles. The number of carbonyl (C=O) groups is 1. The Kier molecular flexibility index (Phi) is 29.7. The third kappa shape index (κ3) is 15.7. The van der Waals surface area contributed by atoms with Crippen LogP contribution in [-0.4, -0.2) is 43.8 Å². The smallest absolute Gasteiger partial charge is 1.00 e. The van der Waals surface area contributed by atoms with Gasteiger partial charge in [-0.3, -0.25) is 4.79 Å². The molecule has 6 nitrogen and oxygen atoms in total. The van der Waals surface area contributed by atoms with Crippen LogP contribution in [0.1, 0.15) is 106 Å². The number of hydrogen-bond donors (Lipinski definition) is 1. The fourth-order valence-corrected chi connectivity index (χ4v) is 13.5. The Morgan fingerprint density at radius 1 is 0.734 bits per heavy atom. The van der Waals surface area contributed by atoms with Crippen LogP contribution in [-0.2, 0) is 9.68 Å². The van der Waals surface area contributed by atoms with Crippen molar-refractivity contribution in [2.45, 2.75) is 85.5 Å². The van der Waals surface area contributed by atoms with Gasteiger partial charge in [-0.25, -0.2) is 9.98 Å². The molecular formula is C47H54BrK2N3O3S8. The number of allylic oxidation sites excluding steroid dienone is 1. The van der Waals surface area contributed by atoms with E-state index in [0.29, 0.717) is 0 Å². The van der Waals surface area contributed by atoms with E-state index in [4.69, 9.17) is 44.5 Å². The maximum atomic E-state index is 8.64. The summed E-state index contributed by atoms with van der Waals surface area (Å²) >= 11 is 25.1. The predicted octanol–water partition coefficient (Wildman–Crippen LogP) is 8.90. The van der Waals surface area contributed by atoms with Crippen molar-refractivity contribution in [1.82, 2.24) is 5.32 Å². The zero-order valence-corrected chi connectivity index (χ0v) is 52.1. The molecule has 0 bridgehead atoms. The van der Waals surface area contributed by atoms with Gasteiger partial charge in [-0.1, -0.05) is 131 Å². The molecule has 0 aromatic carbocycles. The minimum absolute atomic E-state index is 0. The Hall–Kier alpha value is 0.963. The van der Waals surface area contributed by atoms with E-state index >= 15 is 0 Å². The zero-order valence-electron chi connectivity index (χ0n) is 38.7. The Bertz CT molecular complexity index is 2130. The number of aliphatic imine (C=N–C) groups is 2. The van der Waals surface area contributed by atoms with E-state index in [9.17, 15) is 0 Å². The number of unbranched alkanes of at least 4 members (excludes halogenated alkanes) is 2. The fraction of sp³-hybridized carbons (Fsp3) is 0.383. The van der Waals surface area contributed by atoms with E-state index in [0.717, 1.165) is 67.9 Å². The van der Waals surface area contributed by atoms with E-state index in [-0.39, 0.29) is 111 Å². The van der Waals surface area contributed by atoms with E-state index in [1.165, 1.54) is 97.7 Å². The number of fused-ring (bicyclic) bond motifs is 2. The molecule has 332 valence electrons. The number of carbonyl (C=O) groups excluding carboxylic acids is 1. The summed E-state index contributed by atoms with van der Waals surface area (Å²) in [6.45, 7) is 9.08. The molecule has 0 saturated heterocycles. The summed E-state index contributed by atoms with van der Waals surface area (Å²) in [6, 6.07) is 17.1. The van der Waals surface area contributed by atoms with Gasteiger partial charge in [-0.2, -0.15) is 0 Å². The van der Waals surface area contributed by atoms with Crippen LogP contribution in [0.2, 0.25) is 0 Å². The Morgan fingerprint density at radius 3 is 1.53 bits per heavy atom. The molecule has 0 radical (unpaired) electrons. The Labute approximate surface area is 510 Å². The van der Waals surface area contributed by atoms with Gasteiger partial charge in [0, 0.05) is 50.0 Å². The third-order valence-electron chi connectivity index (χ3n) is 10.6. The van der Waals surface area contributed by atoms with Crippen LogP contribution in [0, 0.1) is 11.8 Å². The van der Waals surface area contributed by atoms with Gasteiger partial charge < -0.3 is 16.9 Å². The molecule has 8 rings (SSSR count). The molecule has 0 amide bonds. The average molecular weight is 1120 g/mol. The van der Waals surface area contributed by atoms with Crippen molar-refractivity contribution in [2.75, 3.05) is 17.3 Å². The molecule has 3 aliphatic heterocycles. The minimum atomic E-state index is -0.181. The second kappa shape index (κ2) is 32.0.